The minimum absolute atomic E-state index is 0.0810. The summed E-state index contributed by atoms with van der Waals surface area (Å²) in [5, 5.41) is 8.32. The first-order chi connectivity index (χ1) is 6.30. The van der Waals surface area contributed by atoms with Crippen molar-refractivity contribution in [2.45, 2.75) is 0 Å². The average molecular weight is 221 g/mol. The standard InChI is InChI=1S/C6H5NO2.H2O4S/c8-6(9)5-3-1-2-4-7-5;1-5(2,3)4/h1-4H,(H,8,9);(H2,1,2,3,4). The molecule has 0 saturated carbocycles. The van der Waals surface area contributed by atoms with Crippen LogP contribution in [-0.2, 0) is 10.4 Å². The van der Waals surface area contributed by atoms with Crippen molar-refractivity contribution in [3.63, 3.8) is 0 Å². The number of carbonyl (C=O) groups is 1. The number of carboxylic acid groups (broad SMARTS) is 1. The van der Waals surface area contributed by atoms with Crippen molar-refractivity contribution >= 4 is 16.4 Å². The lowest BCUT2D eigenvalue weighted by molar-refractivity contribution is 0.0690. The maximum absolute atomic E-state index is 10.1. The van der Waals surface area contributed by atoms with Crippen LogP contribution in [0.4, 0.5) is 0 Å². The molecule has 0 aromatic carbocycles. The van der Waals surface area contributed by atoms with Crippen LogP contribution in [0.5, 0.6) is 0 Å². The molecule has 78 valence electrons. The number of aromatic carboxylic acids is 1. The summed E-state index contributed by atoms with van der Waals surface area (Å²) >= 11 is 0. The fourth-order valence-electron chi connectivity index (χ4n) is 0.489. The fraction of sp³-hybridized carbons (Fsp3) is 0. The van der Waals surface area contributed by atoms with Gasteiger partial charge in [0.15, 0.2) is 0 Å². The second kappa shape index (κ2) is 5.27. The lowest BCUT2D eigenvalue weighted by atomic mass is 10.4. The molecule has 8 heteroatoms. The molecule has 0 aliphatic carbocycles. The molecule has 0 amide bonds. The molecule has 0 aliphatic rings. The molecule has 1 aromatic heterocycles. The van der Waals surface area contributed by atoms with Gasteiger partial charge in [0.2, 0.25) is 0 Å². The lowest BCUT2D eigenvalue weighted by Gasteiger charge is -1.87. The van der Waals surface area contributed by atoms with Crippen molar-refractivity contribution in [2.75, 3.05) is 0 Å². The number of carboxylic acids is 1. The van der Waals surface area contributed by atoms with Gasteiger partial charge in [-0.3, -0.25) is 9.11 Å². The number of hydrogen-bond acceptors (Lipinski definition) is 4. The molecule has 0 fully saturated rings. The monoisotopic (exact) mass is 221 g/mol. The SMILES string of the molecule is O=C(O)c1ccccn1.O=S(=O)(O)O. The third-order valence-electron chi connectivity index (χ3n) is 0.884. The Morgan fingerprint density at radius 1 is 1.29 bits per heavy atom. The maximum Gasteiger partial charge on any atom is 0.394 e. The van der Waals surface area contributed by atoms with Crippen LogP contribution in [0, 0.1) is 0 Å². The number of nitrogens with zero attached hydrogens (tertiary/aromatic N) is 1. The summed E-state index contributed by atoms with van der Waals surface area (Å²) in [5.74, 6) is -0.990. The minimum Gasteiger partial charge on any atom is -0.477 e. The van der Waals surface area contributed by atoms with Gasteiger partial charge in [0.05, 0.1) is 0 Å². The maximum atomic E-state index is 10.1. The van der Waals surface area contributed by atoms with E-state index < -0.39 is 16.4 Å². The molecule has 7 nitrogen and oxygen atoms in total. The predicted molar refractivity (Wildman–Crippen MR) is 45.4 cm³/mol. The van der Waals surface area contributed by atoms with E-state index in [4.69, 9.17) is 22.6 Å². The molecular weight excluding hydrogens is 214 g/mol. The summed E-state index contributed by atoms with van der Waals surface area (Å²) in [6, 6.07) is 4.76. The second-order valence-corrected chi connectivity index (χ2v) is 2.86. The molecule has 1 rings (SSSR count). The van der Waals surface area contributed by atoms with Gasteiger partial charge in [-0.1, -0.05) is 6.07 Å². The highest BCUT2D eigenvalue weighted by Gasteiger charge is 1.98. The van der Waals surface area contributed by atoms with Crippen LogP contribution < -0.4 is 0 Å². The van der Waals surface area contributed by atoms with Gasteiger partial charge in [0.25, 0.3) is 0 Å². The number of aromatic nitrogens is 1. The number of hydrogen-bond donors (Lipinski definition) is 3. The molecule has 0 aliphatic heterocycles. The van der Waals surface area contributed by atoms with Gasteiger partial charge < -0.3 is 5.11 Å². The van der Waals surface area contributed by atoms with Crippen LogP contribution in [0.2, 0.25) is 0 Å². The highest BCUT2D eigenvalue weighted by Crippen LogP contribution is 1.90. The van der Waals surface area contributed by atoms with Crippen LogP contribution in [0.3, 0.4) is 0 Å². The third-order valence-corrected chi connectivity index (χ3v) is 0.884. The molecule has 14 heavy (non-hydrogen) atoms. The molecule has 0 unspecified atom stereocenters. The van der Waals surface area contributed by atoms with Gasteiger partial charge in [-0.2, -0.15) is 8.42 Å². The van der Waals surface area contributed by atoms with Crippen molar-refractivity contribution in [3.8, 4) is 0 Å². The van der Waals surface area contributed by atoms with Crippen LogP contribution in [0.1, 0.15) is 10.5 Å². The van der Waals surface area contributed by atoms with E-state index in [0.717, 1.165) is 0 Å². The Hall–Kier alpha value is -1.51. The van der Waals surface area contributed by atoms with Crippen molar-refractivity contribution < 1.29 is 27.4 Å². The molecule has 1 aromatic rings. The number of pyridine rings is 1. The van der Waals surface area contributed by atoms with Gasteiger partial charge in [0, 0.05) is 6.20 Å². The second-order valence-electron chi connectivity index (χ2n) is 1.97. The third kappa shape index (κ3) is 8.59. The van der Waals surface area contributed by atoms with E-state index in [1.54, 1.807) is 12.1 Å². The average Bonchev–Trinajstić information content (AvgIpc) is 2.03. The Morgan fingerprint density at radius 2 is 1.79 bits per heavy atom. The molecular formula is C6H7NO6S. The van der Waals surface area contributed by atoms with Gasteiger partial charge in [-0.15, -0.1) is 0 Å². The van der Waals surface area contributed by atoms with E-state index in [1.807, 2.05) is 0 Å². The summed E-state index contributed by atoms with van der Waals surface area (Å²) in [5.41, 5.74) is 0.0810. The Labute approximate surface area is 79.6 Å². The van der Waals surface area contributed by atoms with Gasteiger partial charge >= 0.3 is 16.4 Å². The van der Waals surface area contributed by atoms with Gasteiger partial charge in [-0.05, 0) is 12.1 Å². The molecule has 0 saturated heterocycles. The van der Waals surface area contributed by atoms with Gasteiger partial charge in [-0.25, -0.2) is 9.78 Å². The quantitative estimate of drug-likeness (QED) is 0.575. The zero-order valence-electron chi connectivity index (χ0n) is 6.73. The first-order valence-electron chi connectivity index (χ1n) is 3.15. The Morgan fingerprint density at radius 3 is 2.00 bits per heavy atom. The zero-order valence-corrected chi connectivity index (χ0v) is 7.55. The van der Waals surface area contributed by atoms with E-state index in [0.29, 0.717) is 0 Å². The first kappa shape index (κ1) is 12.5. The van der Waals surface area contributed by atoms with Crippen LogP contribution in [-0.4, -0.2) is 33.6 Å². The zero-order chi connectivity index (χ0) is 11.2. The summed E-state index contributed by atoms with van der Waals surface area (Å²) in [6.07, 6.45) is 1.45. The molecule has 1 heterocycles. The topological polar surface area (TPSA) is 125 Å². The summed E-state index contributed by atoms with van der Waals surface area (Å²) < 4.78 is 31.6. The first-order valence-corrected chi connectivity index (χ1v) is 4.54. The normalized spacial score (nSPS) is 9.86. The summed E-state index contributed by atoms with van der Waals surface area (Å²) in [6.45, 7) is 0. The van der Waals surface area contributed by atoms with Gasteiger partial charge in [0.1, 0.15) is 5.69 Å². The summed E-state index contributed by atoms with van der Waals surface area (Å²) in [4.78, 5) is 13.7. The Bertz CT molecular complexity index is 378. The fourth-order valence-corrected chi connectivity index (χ4v) is 0.489. The minimum atomic E-state index is -4.67. The highest BCUT2D eigenvalue weighted by molar-refractivity contribution is 7.79. The van der Waals surface area contributed by atoms with Crippen LogP contribution in [0.15, 0.2) is 24.4 Å². The van der Waals surface area contributed by atoms with E-state index in [9.17, 15) is 4.79 Å². The van der Waals surface area contributed by atoms with Crippen LogP contribution in [0.25, 0.3) is 0 Å². The molecule has 0 atom stereocenters. The van der Waals surface area contributed by atoms with E-state index in [-0.39, 0.29) is 5.69 Å². The predicted octanol–water partition coefficient (Wildman–Crippen LogP) is 0.127. The molecule has 0 radical (unpaired) electrons. The van der Waals surface area contributed by atoms with Crippen molar-refractivity contribution in [2.24, 2.45) is 0 Å². The van der Waals surface area contributed by atoms with Crippen molar-refractivity contribution in [1.82, 2.24) is 4.98 Å². The smallest absolute Gasteiger partial charge is 0.394 e. The van der Waals surface area contributed by atoms with E-state index in [1.165, 1.54) is 12.3 Å². The highest BCUT2D eigenvalue weighted by atomic mass is 32.3. The Kier molecular flexibility index (Phi) is 4.70. The number of rotatable bonds is 1. The van der Waals surface area contributed by atoms with Crippen molar-refractivity contribution in [3.05, 3.63) is 30.1 Å². The molecule has 3 N–H and O–H groups in total. The summed E-state index contributed by atoms with van der Waals surface area (Å²) in [7, 11) is -4.67. The molecule has 0 spiro atoms. The Balaban J connectivity index is 0.000000292. The van der Waals surface area contributed by atoms with Crippen LogP contribution >= 0.6 is 0 Å². The largest absolute Gasteiger partial charge is 0.477 e. The van der Waals surface area contributed by atoms with E-state index >= 15 is 0 Å². The van der Waals surface area contributed by atoms with E-state index in [2.05, 4.69) is 4.98 Å². The molecule has 0 bridgehead atoms. The lowest BCUT2D eigenvalue weighted by Crippen LogP contribution is -1.97. The van der Waals surface area contributed by atoms with Crippen molar-refractivity contribution in [1.29, 1.82) is 0 Å².